The van der Waals surface area contributed by atoms with E-state index in [2.05, 4.69) is 5.32 Å². The van der Waals surface area contributed by atoms with Crippen molar-refractivity contribution in [1.82, 2.24) is 10.2 Å². The highest BCUT2D eigenvalue weighted by Crippen LogP contribution is 2.21. The van der Waals surface area contributed by atoms with Gasteiger partial charge >= 0.3 is 6.09 Å². The summed E-state index contributed by atoms with van der Waals surface area (Å²) in [5.41, 5.74) is 0.228. The minimum atomic E-state index is -0.752. The standard InChI is InChI=1S/C18H25FN2O4/c1-18(2,3)25-17(24)21-11-14(22)10-15(21)16(23)20-9-8-12-4-6-13(19)7-5-12/h4-7,14-15,22H,8-11H2,1-3H3,(H,20,23)/t14-,15+/m1/s1. The zero-order valence-corrected chi connectivity index (χ0v) is 14.8. The number of nitrogens with zero attached hydrogens (tertiary/aromatic N) is 1. The average Bonchev–Trinajstić information content (AvgIpc) is 2.90. The fourth-order valence-electron chi connectivity index (χ4n) is 2.68. The Bertz CT molecular complexity index is 612. The minimum absolute atomic E-state index is 0.0744. The van der Waals surface area contributed by atoms with Crippen LogP contribution in [0, 0.1) is 5.82 Å². The van der Waals surface area contributed by atoms with Crippen LogP contribution in [0.25, 0.3) is 0 Å². The fraction of sp³-hybridized carbons (Fsp3) is 0.556. The van der Waals surface area contributed by atoms with Gasteiger partial charge in [0.25, 0.3) is 0 Å². The highest BCUT2D eigenvalue weighted by atomic mass is 19.1. The molecule has 1 aromatic rings. The quantitative estimate of drug-likeness (QED) is 0.867. The van der Waals surface area contributed by atoms with Crippen molar-refractivity contribution < 1.29 is 23.8 Å². The molecule has 0 unspecified atom stereocenters. The van der Waals surface area contributed by atoms with E-state index >= 15 is 0 Å². The summed E-state index contributed by atoms with van der Waals surface area (Å²) < 4.78 is 18.2. The normalized spacial score (nSPS) is 20.4. The van der Waals surface area contributed by atoms with Crippen LogP contribution in [0.1, 0.15) is 32.8 Å². The van der Waals surface area contributed by atoms with Crippen LogP contribution in [-0.2, 0) is 16.0 Å². The third kappa shape index (κ3) is 5.70. The summed E-state index contributed by atoms with van der Waals surface area (Å²) in [5, 5.41) is 12.6. The van der Waals surface area contributed by atoms with E-state index < -0.39 is 23.8 Å². The smallest absolute Gasteiger partial charge is 0.411 e. The molecular formula is C18H25FN2O4. The van der Waals surface area contributed by atoms with E-state index in [9.17, 15) is 19.1 Å². The monoisotopic (exact) mass is 352 g/mol. The first-order chi connectivity index (χ1) is 11.7. The number of hydrogen-bond donors (Lipinski definition) is 2. The summed E-state index contributed by atoms with van der Waals surface area (Å²) in [5.74, 6) is -0.634. The Morgan fingerprint density at radius 2 is 1.96 bits per heavy atom. The summed E-state index contributed by atoms with van der Waals surface area (Å²) in [6, 6.07) is 5.31. The zero-order valence-electron chi connectivity index (χ0n) is 14.8. The molecule has 0 bridgehead atoms. The maximum Gasteiger partial charge on any atom is 0.411 e. The molecule has 2 N–H and O–H groups in total. The number of hydrogen-bond acceptors (Lipinski definition) is 4. The number of benzene rings is 1. The lowest BCUT2D eigenvalue weighted by Crippen LogP contribution is -2.47. The predicted molar refractivity (Wildman–Crippen MR) is 90.5 cm³/mol. The lowest BCUT2D eigenvalue weighted by Gasteiger charge is -2.27. The van der Waals surface area contributed by atoms with E-state index in [0.29, 0.717) is 13.0 Å². The second-order valence-electron chi connectivity index (χ2n) is 7.21. The number of aliphatic hydroxyl groups excluding tert-OH is 1. The van der Waals surface area contributed by atoms with Crippen LogP contribution >= 0.6 is 0 Å². The van der Waals surface area contributed by atoms with Gasteiger partial charge in [0.1, 0.15) is 17.5 Å². The van der Waals surface area contributed by atoms with Crippen LogP contribution < -0.4 is 5.32 Å². The number of carbonyl (C=O) groups is 2. The van der Waals surface area contributed by atoms with Crippen molar-refractivity contribution >= 4 is 12.0 Å². The molecule has 2 rings (SSSR count). The average molecular weight is 352 g/mol. The molecule has 0 aromatic heterocycles. The van der Waals surface area contributed by atoms with E-state index in [0.717, 1.165) is 5.56 Å². The van der Waals surface area contributed by atoms with Gasteiger partial charge in [0, 0.05) is 13.0 Å². The first kappa shape index (κ1) is 19.2. The van der Waals surface area contributed by atoms with Gasteiger partial charge in [0.2, 0.25) is 5.91 Å². The third-order valence-electron chi connectivity index (χ3n) is 3.84. The van der Waals surface area contributed by atoms with E-state index in [1.54, 1.807) is 32.9 Å². The first-order valence-electron chi connectivity index (χ1n) is 8.35. The topological polar surface area (TPSA) is 78.9 Å². The van der Waals surface area contributed by atoms with Crippen molar-refractivity contribution in [2.75, 3.05) is 13.1 Å². The van der Waals surface area contributed by atoms with Crippen molar-refractivity contribution in [3.8, 4) is 0 Å². The molecule has 1 fully saturated rings. The minimum Gasteiger partial charge on any atom is -0.444 e. The van der Waals surface area contributed by atoms with E-state index in [1.807, 2.05) is 0 Å². The molecule has 1 heterocycles. The highest BCUT2D eigenvalue weighted by molar-refractivity contribution is 5.86. The van der Waals surface area contributed by atoms with Gasteiger partial charge in [-0.1, -0.05) is 12.1 Å². The van der Waals surface area contributed by atoms with Gasteiger partial charge in [-0.2, -0.15) is 0 Å². The zero-order chi connectivity index (χ0) is 18.6. The van der Waals surface area contributed by atoms with Crippen LogP contribution in [0.4, 0.5) is 9.18 Å². The molecule has 7 heteroatoms. The van der Waals surface area contributed by atoms with E-state index in [1.165, 1.54) is 17.0 Å². The lowest BCUT2D eigenvalue weighted by atomic mass is 10.1. The van der Waals surface area contributed by atoms with Gasteiger partial charge < -0.3 is 15.2 Å². The molecule has 1 aromatic carbocycles. The first-order valence-corrected chi connectivity index (χ1v) is 8.35. The van der Waals surface area contributed by atoms with Gasteiger partial charge in [-0.15, -0.1) is 0 Å². The molecule has 2 amide bonds. The SMILES string of the molecule is CC(C)(C)OC(=O)N1C[C@H](O)C[C@H]1C(=O)NCCc1ccc(F)cc1. The second-order valence-corrected chi connectivity index (χ2v) is 7.21. The number of likely N-dealkylation sites (tertiary alicyclic amines) is 1. The number of ether oxygens (including phenoxy) is 1. The predicted octanol–water partition coefficient (Wildman–Crippen LogP) is 1.85. The van der Waals surface area contributed by atoms with Gasteiger partial charge in [0.15, 0.2) is 0 Å². The lowest BCUT2D eigenvalue weighted by molar-refractivity contribution is -0.125. The summed E-state index contributed by atoms with van der Waals surface area (Å²) in [6.07, 6.45) is -0.627. The molecule has 25 heavy (non-hydrogen) atoms. The molecule has 1 aliphatic rings. The van der Waals surface area contributed by atoms with Crippen LogP contribution in [-0.4, -0.2) is 52.8 Å². The maximum absolute atomic E-state index is 12.9. The van der Waals surface area contributed by atoms with Crippen LogP contribution in [0.3, 0.4) is 0 Å². The Kier molecular flexibility index (Phi) is 6.00. The highest BCUT2D eigenvalue weighted by Gasteiger charge is 2.40. The number of carbonyl (C=O) groups excluding carboxylic acids is 2. The largest absolute Gasteiger partial charge is 0.444 e. The van der Waals surface area contributed by atoms with Crippen LogP contribution in [0.5, 0.6) is 0 Å². The summed E-state index contributed by atoms with van der Waals surface area (Å²) in [6.45, 7) is 5.67. The third-order valence-corrected chi connectivity index (χ3v) is 3.84. The fourth-order valence-corrected chi connectivity index (χ4v) is 2.68. The molecule has 1 saturated heterocycles. The maximum atomic E-state index is 12.9. The molecule has 6 nitrogen and oxygen atoms in total. The molecule has 0 radical (unpaired) electrons. The molecule has 0 saturated carbocycles. The van der Waals surface area contributed by atoms with Gasteiger partial charge in [-0.05, 0) is 44.9 Å². The van der Waals surface area contributed by atoms with Crippen molar-refractivity contribution in [2.45, 2.75) is 51.4 Å². The van der Waals surface area contributed by atoms with Crippen LogP contribution in [0.15, 0.2) is 24.3 Å². The molecule has 0 aliphatic carbocycles. The summed E-state index contributed by atoms with van der Waals surface area (Å²) in [7, 11) is 0. The number of β-amino-alcohol motifs (C(OH)–C–C–N with tert-alkyl or cyclic N) is 1. The van der Waals surface area contributed by atoms with Crippen molar-refractivity contribution in [3.05, 3.63) is 35.6 Å². The Balaban J connectivity index is 1.89. The molecule has 138 valence electrons. The number of halogens is 1. The van der Waals surface area contributed by atoms with Gasteiger partial charge in [0.05, 0.1) is 12.6 Å². The Hall–Kier alpha value is -2.15. The molecular weight excluding hydrogens is 327 g/mol. The van der Waals surface area contributed by atoms with Gasteiger partial charge in [-0.25, -0.2) is 9.18 Å². The van der Waals surface area contributed by atoms with E-state index in [-0.39, 0.29) is 24.7 Å². The van der Waals surface area contributed by atoms with E-state index in [4.69, 9.17) is 4.74 Å². The number of nitrogens with one attached hydrogen (secondary N) is 1. The number of aliphatic hydroxyl groups is 1. The van der Waals surface area contributed by atoms with Crippen LogP contribution in [0.2, 0.25) is 0 Å². The van der Waals surface area contributed by atoms with Gasteiger partial charge in [-0.3, -0.25) is 9.69 Å². The molecule has 1 aliphatic heterocycles. The molecule has 0 spiro atoms. The van der Waals surface area contributed by atoms with Crippen molar-refractivity contribution in [2.24, 2.45) is 0 Å². The number of amides is 2. The number of rotatable bonds is 4. The summed E-state index contributed by atoms with van der Waals surface area (Å²) >= 11 is 0. The van der Waals surface area contributed by atoms with Crippen molar-refractivity contribution in [3.63, 3.8) is 0 Å². The second kappa shape index (κ2) is 7.82. The molecule has 2 atom stereocenters. The summed E-state index contributed by atoms with van der Waals surface area (Å²) in [4.78, 5) is 25.9. The Labute approximate surface area is 147 Å². The Morgan fingerprint density at radius 1 is 1.32 bits per heavy atom. The van der Waals surface area contributed by atoms with Crippen molar-refractivity contribution in [1.29, 1.82) is 0 Å². The Morgan fingerprint density at radius 3 is 2.56 bits per heavy atom.